The Morgan fingerprint density at radius 2 is 1.96 bits per heavy atom. The highest BCUT2D eigenvalue weighted by molar-refractivity contribution is 14.1. The van der Waals surface area contributed by atoms with Crippen molar-refractivity contribution in [2.75, 3.05) is 26.8 Å². The molecule has 0 aromatic carbocycles. The number of aryl methyl sites for hydroxylation is 3. The van der Waals surface area contributed by atoms with Crippen LogP contribution in [0.3, 0.4) is 0 Å². The van der Waals surface area contributed by atoms with Crippen LogP contribution in [0, 0.1) is 17.4 Å². The summed E-state index contributed by atoms with van der Waals surface area (Å²) in [5, 5.41) is 15.5. The number of fused-ring (bicyclic) bond motifs is 1. The number of nitrogens with zero attached hydrogens (tertiary/aromatic N) is 8. The monoisotopic (exact) mass is 788 g/mol. The second-order valence-electron chi connectivity index (χ2n) is 14.6. The molecule has 5 rings (SSSR count). The van der Waals surface area contributed by atoms with Gasteiger partial charge in [0.1, 0.15) is 6.10 Å². The van der Waals surface area contributed by atoms with Gasteiger partial charge in [-0.05, 0) is 99.9 Å². The lowest BCUT2D eigenvalue weighted by Crippen LogP contribution is -2.41. The van der Waals surface area contributed by atoms with Gasteiger partial charge in [-0.3, -0.25) is 14.6 Å². The third-order valence-electron chi connectivity index (χ3n) is 9.70. The van der Waals surface area contributed by atoms with Gasteiger partial charge in [0.25, 0.3) is 0 Å². The van der Waals surface area contributed by atoms with Gasteiger partial charge in [-0.2, -0.15) is 15.3 Å². The highest BCUT2D eigenvalue weighted by Crippen LogP contribution is 2.37. The maximum Gasteiger partial charge on any atom is 0.221 e. The lowest BCUT2D eigenvalue weighted by molar-refractivity contribution is -0.0368. The van der Waals surface area contributed by atoms with E-state index in [1.165, 1.54) is 9.26 Å². The molecule has 5 heterocycles. The lowest BCUT2D eigenvalue weighted by atomic mass is 10.1. The second kappa shape index (κ2) is 14.7. The third-order valence-corrected chi connectivity index (χ3v) is 15.6. The minimum atomic E-state index is -1.83. The quantitative estimate of drug-likeness (QED) is 0.102. The zero-order valence-corrected chi connectivity index (χ0v) is 33.6. The van der Waals surface area contributed by atoms with Crippen molar-refractivity contribution in [1.82, 2.24) is 39.2 Å². The average Bonchev–Trinajstić information content (AvgIpc) is 3.66. The van der Waals surface area contributed by atoms with Gasteiger partial charge in [0.2, 0.25) is 5.88 Å². The molecule has 48 heavy (non-hydrogen) atoms. The number of likely N-dealkylation sites (N-methyl/N-ethyl adjacent to an activating group) is 1. The molecule has 0 N–H and O–H groups in total. The molecule has 1 saturated heterocycles. The van der Waals surface area contributed by atoms with Gasteiger partial charge in [0, 0.05) is 32.1 Å². The number of hydrogen-bond donors (Lipinski definition) is 0. The summed E-state index contributed by atoms with van der Waals surface area (Å²) in [6, 6.07) is 2.08. The highest BCUT2D eigenvalue weighted by Gasteiger charge is 2.37. The summed E-state index contributed by atoms with van der Waals surface area (Å²) in [6.07, 6.45) is 6.59. The van der Waals surface area contributed by atoms with Crippen LogP contribution in [0.25, 0.3) is 28.2 Å². The predicted octanol–water partition coefficient (Wildman–Crippen LogP) is 7.51. The van der Waals surface area contributed by atoms with Crippen molar-refractivity contribution >= 4 is 47.9 Å². The molecule has 0 amide bonds. The zero-order valence-electron chi connectivity index (χ0n) is 30.4. The first-order valence-corrected chi connectivity index (χ1v) is 21.0. The van der Waals surface area contributed by atoms with E-state index in [0.29, 0.717) is 19.0 Å². The number of rotatable bonds is 13. The molecule has 0 bridgehead atoms. The summed E-state index contributed by atoms with van der Waals surface area (Å²) in [5.74, 6) is 0.684. The molecule has 0 saturated carbocycles. The second-order valence-corrected chi connectivity index (χ2v) is 20.5. The molecule has 262 valence electrons. The first-order chi connectivity index (χ1) is 22.6. The van der Waals surface area contributed by atoms with Gasteiger partial charge >= 0.3 is 0 Å². The van der Waals surface area contributed by atoms with Crippen LogP contribution in [-0.2, 0) is 29.3 Å². The molecular weight excluding hydrogens is 735 g/mol. The molecule has 1 aliphatic heterocycles. The summed E-state index contributed by atoms with van der Waals surface area (Å²) in [7, 11) is 2.21. The Morgan fingerprint density at radius 1 is 1.21 bits per heavy atom. The van der Waals surface area contributed by atoms with Gasteiger partial charge in [-0.25, -0.2) is 9.36 Å². The largest absolute Gasteiger partial charge is 0.473 e. The summed E-state index contributed by atoms with van der Waals surface area (Å²) in [5.41, 5.74) is 6.58. The van der Waals surface area contributed by atoms with Crippen LogP contribution >= 0.6 is 22.6 Å². The lowest BCUT2D eigenvalue weighted by Gasteiger charge is -2.36. The van der Waals surface area contributed by atoms with Crippen LogP contribution in [0.15, 0.2) is 18.8 Å². The van der Waals surface area contributed by atoms with Crippen molar-refractivity contribution in [3.63, 3.8) is 0 Å². The normalized spacial score (nSPS) is 16.6. The minimum absolute atomic E-state index is 0.0853. The average molecular weight is 789 g/mol. The first kappa shape index (κ1) is 36.7. The van der Waals surface area contributed by atoms with Gasteiger partial charge in [0.15, 0.2) is 14.5 Å². The van der Waals surface area contributed by atoms with Crippen molar-refractivity contribution in [1.29, 1.82) is 0 Å². The zero-order chi connectivity index (χ0) is 35.0. The Morgan fingerprint density at radius 3 is 2.62 bits per heavy atom. The van der Waals surface area contributed by atoms with Crippen molar-refractivity contribution in [3.05, 3.63) is 45.2 Å². The summed E-state index contributed by atoms with van der Waals surface area (Å²) in [6.45, 7) is 25.3. The molecule has 1 unspecified atom stereocenters. The maximum absolute atomic E-state index is 6.61. The van der Waals surface area contributed by atoms with E-state index in [1.54, 1.807) is 10.8 Å². The number of halogens is 1. The van der Waals surface area contributed by atoms with Gasteiger partial charge in [0.05, 0.1) is 62.5 Å². The van der Waals surface area contributed by atoms with Crippen LogP contribution in [0.2, 0.25) is 18.1 Å². The SMILES string of the molecule is C=Cc1nn(C2CCCCO2)c2c(C)nc(-c3cnn(C)c3O[C@@H](C)CN(C)Cc3c(I)c(C)nn3CCO[Si](C)(C)C(C)(C)C)cc12. The van der Waals surface area contributed by atoms with Crippen molar-refractivity contribution < 1.29 is 13.9 Å². The smallest absolute Gasteiger partial charge is 0.221 e. The topological polar surface area (TPSA) is 97.3 Å². The Balaban J connectivity index is 1.30. The molecule has 4 aromatic rings. The van der Waals surface area contributed by atoms with E-state index in [2.05, 4.69) is 105 Å². The van der Waals surface area contributed by atoms with Gasteiger partial charge < -0.3 is 13.9 Å². The number of ether oxygens (including phenoxy) is 2. The molecule has 0 spiro atoms. The molecule has 0 radical (unpaired) electrons. The van der Waals surface area contributed by atoms with Gasteiger partial charge in [-0.15, -0.1) is 0 Å². The fraction of sp³-hybridized carbons (Fsp3) is 0.600. The standard InChI is InChI=1S/C35H53IN8O3Si/c1-12-28-26-19-29(38-25(4)33(26)44(40-28)31-15-13-14-17-45-31)27-20-37-42(9)34(27)47-23(2)21-41(8)22-30-32(36)24(3)39-43(30)16-18-46-48(10,11)35(5,6)7/h12,19-20,23,31H,1,13-18,21-22H2,2-11H3/t23-,31?/m0/s1. The van der Waals surface area contributed by atoms with Crippen LogP contribution in [-0.4, -0.2) is 80.5 Å². The van der Waals surface area contributed by atoms with E-state index in [0.717, 1.165) is 78.2 Å². The fourth-order valence-corrected chi connectivity index (χ4v) is 7.65. The van der Waals surface area contributed by atoms with Crippen molar-refractivity contribution in [2.45, 2.75) is 104 Å². The van der Waals surface area contributed by atoms with E-state index in [1.807, 2.05) is 24.9 Å². The van der Waals surface area contributed by atoms with E-state index in [-0.39, 0.29) is 17.4 Å². The van der Waals surface area contributed by atoms with Crippen molar-refractivity contribution in [3.8, 4) is 17.1 Å². The van der Waals surface area contributed by atoms with Gasteiger partial charge in [-0.1, -0.05) is 27.4 Å². The Hall–Kier alpha value is -2.59. The Labute approximate surface area is 300 Å². The Kier molecular flexibility index (Phi) is 11.2. The van der Waals surface area contributed by atoms with Crippen LogP contribution in [0.1, 0.15) is 76.0 Å². The van der Waals surface area contributed by atoms with E-state index < -0.39 is 8.32 Å². The molecule has 1 fully saturated rings. The maximum atomic E-state index is 6.61. The first-order valence-electron chi connectivity index (χ1n) is 17.0. The highest BCUT2D eigenvalue weighted by atomic mass is 127. The molecule has 2 atom stereocenters. The minimum Gasteiger partial charge on any atom is -0.473 e. The fourth-order valence-electron chi connectivity index (χ4n) is 6.06. The van der Waals surface area contributed by atoms with E-state index >= 15 is 0 Å². The molecule has 4 aromatic heterocycles. The van der Waals surface area contributed by atoms with E-state index in [9.17, 15) is 0 Å². The van der Waals surface area contributed by atoms with Crippen molar-refractivity contribution in [2.24, 2.45) is 7.05 Å². The number of hydrogen-bond acceptors (Lipinski definition) is 8. The number of pyridine rings is 1. The molecule has 13 heteroatoms. The number of aromatic nitrogens is 7. The van der Waals surface area contributed by atoms with Crippen LogP contribution in [0.5, 0.6) is 5.88 Å². The molecule has 0 aliphatic carbocycles. The third kappa shape index (κ3) is 7.74. The predicted molar refractivity (Wildman–Crippen MR) is 203 cm³/mol. The van der Waals surface area contributed by atoms with E-state index in [4.69, 9.17) is 29.1 Å². The van der Waals surface area contributed by atoms with Crippen LogP contribution < -0.4 is 4.74 Å². The van der Waals surface area contributed by atoms with Crippen LogP contribution in [0.4, 0.5) is 0 Å². The molecule has 11 nitrogen and oxygen atoms in total. The summed E-state index contributed by atoms with van der Waals surface area (Å²) in [4.78, 5) is 7.32. The molecule has 1 aliphatic rings. The summed E-state index contributed by atoms with van der Waals surface area (Å²) < 4.78 is 26.3. The summed E-state index contributed by atoms with van der Waals surface area (Å²) >= 11 is 2.42. The Bertz CT molecular complexity index is 1750. The molecular formula is C35H53IN8O3Si.